The maximum atomic E-state index is 13.4. The second-order valence-corrected chi connectivity index (χ2v) is 4.91. The van der Waals surface area contributed by atoms with Crippen molar-refractivity contribution in [3.8, 4) is 0 Å². The molecule has 0 aliphatic heterocycles. The average molecular weight is 282 g/mol. The number of aryl methyl sites for hydroxylation is 1. The fraction of sp³-hybridized carbons (Fsp3) is 0.200. The highest BCUT2D eigenvalue weighted by molar-refractivity contribution is 6.30. The van der Waals surface area contributed by atoms with Crippen molar-refractivity contribution < 1.29 is 8.78 Å². The molecule has 0 aliphatic rings. The maximum Gasteiger partial charge on any atom is 0.141 e. The van der Waals surface area contributed by atoms with Crippen LogP contribution in [-0.4, -0.2) is 0 Å². The molecule has 19 heavy (non-hydrogen) atoms. The summed E-state index contributed by atoms with van der Waals surface area (Å²) in [6.07, 6.45) is 0. The molecule has 1 nitrogen and oxygen atoms in total. The van der Waals surface area contributed by atoms with Crippen molar-refractivity contribution >= 4 is 17.3 Å². The van der Waals surface area contributed by atoms with E-state index >= 15 is 0 Å². The van der Waals surface area contributed by atoms with Gasteiger partial charge in [0.2, 0.25) is 0 Å². The van der Waals surface area contributed by atoms with E-state index < -0.39 is 5.82 Å². The van der Waals surface area contributed by atoms with Crippen LogP contribution < -0.4 is 5.32 Å². The van der Waals surface area contributed by atoms with Gasteiger partial charge in [-0.15, -0.1) is 0 Å². The predicted molar refractivity (Wildman–Crippen MR) is 74.6 cm³/mol. The zero-order chi connectivity index (χ0) is 14.0. The normalized spacial score (nSPS) is 12.3. The van der Waals surface area contributed by atoms with Crippen LogP contribution in [0.1, 0.15) is 24.1 Å². The number of anilines is 1. The molecule has 100 valence electrons. The van der Waals surface area contributed by atoms with E-state index in [9.17, 15) is 8.78 Å². The Labute approximate surface area is 116 Å². The van der Waals surface area contributed by atoms with Gasteiger partial charge in [-0.05, 0) is 49.2 Å². The molecule has 0 aliphatic carbocycles. The summed E-state index contributed by atoms with van der Waals surface area (Å²) in [6, 6.07) is 9.41. The molecule has 0 saturated heterocycles. The quantitative estimate of drug-likeness (QED) is 0.825. The molecule has 2 rings (SSSR count). The fourth-order valence-corrected chi connectivity index (χ4v) is 1.99. The standard InChI is InChI=1S/C15H14ClF2N/c1-9-3-5-12(8-15(9)18)19-10(2)11-4-6-14(17)13(16)7-11/h3-8,10,19H,1-2H3. The number of halogens is 3. The lowest BCUT2D eigenvalue weighted by molar-refractivity contribution is 0.618. The summed E-state index contributed by atoms with van der Waals surface area (Å²) in [7, 11) is 0. The molecule has 1 atom stereocenters. The van der Waals surface area contributed by atoms with Gasteiger partial charge in [0.25, 0.3) is 0 Å². The Kier molecular flexibility index (Phi) is 4.05. The fourth-order valence-electron chi connectivity index (χ4n) is 1.80. The third-order valence-electron chi connectivity index (χ3n) is 3.00. The topological polar surface area (TPSA) is 12.0 Å². The third-order valence-corrected chi connectivity index (χ3v) is 3.29. The lowest BCUT2D eigenvalue weighted by Crippen LogP contribution is -2.07. The molecule has 0 saturated carbocycles. The Bertz CT molecular complexity index is 599. The van der Waals surface area contributed by atoms with Crippen LogP contribution in [0, 0.1) is 18.6 Å². The van der Waals surface area contributed by atoms with Gasteiger partial charge in [-0.2, -0.15) is 0 Å². The molecule has 0 radical (unpaired) electrons. The molecule has 1 N–H and O–H groups in total. The monoisotopic (exact) mass is 281 g/mol. The molecule has 0 bridgehead atoms. The van der Waals surface area contributed by atoms with Gasteiger partial charge < -0.3 is 5.32 Å². The first-order chi connectivity index (χ1) is 8.97. The van der Waals surface area contributed by atoms with Crippen LogP contribution >= 0.6 is 11.6 Å². The van der Waals surface area contributed by atoms with E-state index in [-0.39, 0.29) is 16.9 Å². The summed E-state index contributed by atoms with van der Waals surface area (Å²) in [5.41, 5.74) is 2.12. The minimum absolute atomic E-state index is 0.0845. The van der Waals surface area contributed by atoms with E-state index in [0.29, 0.717) is 11.3 Å². The first-order valence-electron chi connectivity index (χ1n) is 5.95. The van der Waals surface area contributed by atoms with Gasteiger partial charge in [-0.1, -0.05) is 23.7 Å². The summed E-state index contributed by atoms with van der Waals surface area (Å²) in [5.74, 6) is -0.701. The minimum Gasteiger partial charge on any atom is -0.378 e. The SMILES string of the molecule is Cc1ccc(NC(C)c2ccc(F)c(Cl)c2)cc1F. The first kappa shape index (κ1) is 13.8. The number of rotatable bonds is 3. The van der Waals surface area contributed by atoms with Crippen LogP contribution in [0.3, 0.4) is 0 Å². The van der Waals surface area contributed by atoms with Crippen LogP contribution in [0.2, 0.25) is 5.02 Å². The van der Waals surface area contributed by atoms with Crippen molar-refractivity contribution in [3.05, 3.63) is 64.2 Å². The summed E-state index contributed by atoms with van der Waals surface area (Å²) in [6.45, 7) is 3.61. The van der Waals surface area contributed by atoms with Gasteiger partial charge in [-0.25, -0.2) is 8.78 Å². The number of hydrogen-bond acceptors (Lipinski definition) is 1. The van der Waals surface area contributed by atoms with E-state index in [0.717, 1.165) is 5.56 Å². The van der Waals surface area contributed by atoms with Crippen molar-refractivity contribution in [2.45, 2.75) is 19.9 Å². The Balaban J connectivity index is 2.17. The Morgan fingerprint density at radius 2 is 1.79 bits per heavy atom. The summed E-state index contributed by atoms with van der Waals surface area (Å²) in [5, 5.41) is 3.24. The van der Waals surface area contributed by atoms with Crippen molar-refractivity contribution in [1.29, 1.82) is 0 Å². The third kappa shape index (κ3) is 3.24. The van der Waals surface area contributed by atoms with Gasteiger partial charge in [0.15, 0.2) is 0 Å². The number of hydrogen-bond donors (Lipinski definition) is 1. The molecule has 2 aromatic rings. The zero-order valence-electron chi connectivity index (χ0n) is 10.7. The predicted octanol–water partition coefficient (Wildman–Crippen LogP) is 5.10. The van der Waals surface area contributed by atoms with Gasteiger partial charge in [0.1, 0.15) is 11.6 Å². The second kappa shape index (κ2) is 5.57. The van der Waals surface area contributed by atoms with Crippen LogP contribution in [0.4, 0.5) is 14.5 Å². The van der Waals surface area contributed by atoms with Crippen LogP contribution in [-0.2, 0) is 0 Å². The maximum absolute atomic E-state index is 13.4. The largest absolute Gasteiger partial charge is 0.378 e. The van der Waals surface area contributed by atoms with Crippen LogP contribution in [0.15, 0.2) is 36.4 Å². The van der Waals surface area contributed by atoms with Gasteiger partial charge in [0, 0.05) is 11.7 Å². The van der Waals surface area contributed by atoms with Crippen molar-refractivity contribution in [2.24, 2.45) is 0 Å². The highest BCUT2D eigenvalue weighted by atomic mass is 35.5. The lowest BCUT2D eigenvalue weighted by Gasteiger charge is -2.16. The van der Waals surface area contributed by atoms with E-state index in [1.807, 2.05) is 6.92 Å². The molecule has 0 aromatic heterocycles. The van der Waals surface area contributed by atoms with Crippen LogP contribution in [0.25, 0.3) is 0 Å². The van der Waals surface area contributed by atoms with Gasteiger partial charge in [0.05, 0.1) is 5.02 Å². The van der Waals surface area contributed by atoms with E-state index in [1.165, 1.54) is 12.1 Å². The molecule has 0 heterocycles. The van der Waals surface area contributed by atoms with Crippen molar-refractivity contribution in [3.63, 3.8) is 0 Å². The molecule has 1 unspecified atom stereocenters. The van der Waals surface area contributed by atoms with Gasteiger partial charge in [-0.3, -0.25) is 0 Å². The van der Waals surface area contributed by atoms with E-state index in [2.05, 4.69) is 5.32 Å². The molecule has 0 fully saturated rings. The number of benzene rings is 2. The summed E-state index contributed by atoms with van der Waals surface area (Å²) >= 11 is 5.74. The van der Waals surface area contributed by atoms with E-state index in [4.69, 9.17) is 11.6 Å². The second-order valence-electron chi connectivity index (χ2n) is 4.50. The van der Waals surface area contributed by atoms with Gasteiger partial charge >= 0.3 is 0 Å². The Morgan fingerprint density at radius 1 is 1.05 bits per heavy atom. The highest BCUT2D eigenvalue weighted by Gasteiger charge is 2.09. The Morgan fingerprint density at radius 3 is 2.42 bits per heavy atom. The molecule has 0 amide bonds. The molecular formula is C15H14ClF2N. The summed E-state index contributed by atoms with van der Waals surface area (Å²) in [4.78, 5) is 0. The summed E-state index contributed by atoms with van der Waals surface area (Å²) < 4.78 is 26.5. The van der Waals surface area contributed by atoms with Crippen molar-refractivity contribution in [1.82, 2.24) is 0 Å². The molecule has 0 spiro atoms. The highest BCUT2D eigenvalue weighted by Crippen LogP contribution is 2.24. The van der Waals surface area contributed by atoms with E-state index in [1.54, 1.807) is 31.2 Å². The molecular weight excluding hydrogens is 268 g/mol. The average Bonchev–Trinajstić information content (AvgIpc) is 2.37. The lowest BCUT2D eigenvalue weighted by atomic mass is 10.1. The zero-order valence-corrected chi connectivity index (χ0v) is 11.4. The Hall–Kier alpha value is -1.61. The molecule has 2 aromatic carbocycles. The molecule has 4 heteroatoms. The number of nitrogens with one attached hydrogen (secondary N) is 1. The first-order valence-corrected chi connectivity index (χ1v) is 6.33. The smallest absolute Gasteiger partial charge is 0.141 e. The van der Waals surface area contributed by atoms with Crippen molar-refractivity contribution in [2.75, 3.05) is 5.32 Å². The minimum atomic E-state index is -0.445. The van der Waals surface area contributed by atoms with Crippen LogP contribution in [0.5, 0.6) is 0 Å².